The van der Waals surface area contributed by atoms with Gasteiger partial charge in [-0.15, -0.1) is 0 Å². The molecule has 0 bridgehead atoms. The molecule has 1 rings (SSSR count). The fourth-order valence-electron chi connectivity index (χ4n) is 2.41. The van der Waals surface area contributed by atoms with Gasteiger partial charge in [-0.05, 0) is 45.6 Å². The molecule has 0 aliphatic carbocycles. The van der Waals surface area contributed by atoms with Gasteiger partial charge in [0.05, 0.1) is 0 Å². The van der Waals surface area contributed by atoms with Crippen LogP contribution in [0.4, 0.5) is 9.59 Å². The van der Waals surface area contributed by atoms with E-state index in [1.54, 1.807) is 27.7 Å². The molecule has 1 aromatic rings. The Hall–Kier alpha value is -3.03. The standard InChI is InChI=1S/C21H30N2O6/c1-15(23-20(27)29-21(2,3)4)17(11-8-12-18(24)25)13-22-19(26)28-14-16-9-6-5-7-10-16/h5-10,12,15,17H,11,13-14H2,1-4H3,(H,22,26)(H,23,27)(H,24,25)/t15-,17+/m1/s1. The van der Waals surface area contributed by atoms with Crippen molar-refractivity contribution in [2.24, 2.45) is 5.92 Å². The molecule has 29 heavy (non-hydrogen) atoms. The lowest BCUT2D eigenvalue weighted by molar-refractivity contribution is -0.131. The maximum atomic E-state index is 12.0. The number of alkyl carbamates (subject to hydrolysis) is 2. The second kappa shape index (κ2) is 11.7. The van der Waals surface area contributed by atoms with E-state index in [2.05, 4.69) is 10.6 Å². The Morgan fingerprint density at radius 3 is 2.38 bits per heavy atom. The second-order valence-electron chi connectivity index (χ2n) is 7.61. The maximum absolute atomic E-state index is 12.0. The highest BCUT2D eigenvalue weighted by atomic mass is 16.6. The van der Waals surface area contributed by atoms with Crippen LogP contribution in [0.1, 0.15) is 39.7 Å². The molecule has 1 aromatic carbocycles. The topological polar surface area (TPSA) is 114 Å². The number of carboxylic acids is 1. The molecule has 0 saturated heterocycles. The van der Waals surface area contributed by atoms with E-state index in [0.29, 0.717) is 6.42 Å². The van der Waals surface area contributed by atoms with Crippen LogP contribution in [0.25, 0.3) is 0 Å². The average molecular weight is 406 g/mol. The number of aliphatic carboxylic acids is 1. The quantitative estimate of drug-likeness (QED) is 0.541. The van der Waals surface area contributed by atoms with E-state index in [-0.39, 0.29) is 25.1 Å². The molecule has 8 heteroatoms. The minimum atomic E-state index is -1.06. The highest BCUT2D eigenvalue weighted by Gasteiger charge is 2.23. The van der Waals surface area contributed by atoms with Crippen molar-refractivity contribution in [3.8, 4) is 0 Å². The van der Waals surface area contributed by atoms with Crippen molar-refractivity contribution in [2.75, 3.05) is 6.54 Å². The molecule has 0 heterocycles. The van der Waals surface area contributed by atoms with Gasteiger partial charge in [0.1, 0.15) is 12.2 Å². The molecule has 0 unspecified atom stereocenters. The fourth-order valence-corrected chi connectivity index (χ4v) is 2.41. The molecule has 0 fully saturated rings. The van der Waals surface area contributed by atoms with E-state index < -0.39 is 23.8 Å². The number of carboxylic acid groups (broad SMARTS) is 1. The van der Waals surface area contributed by atoms with Gasteiger partial charge in [0, 0.05) is 18.7 Å². The van der Waals surface area contributed by atoms with Crippen molar-refractivity contribution in [1.82, 2.24) is 10.6 Å². The van der Waals surface area contributed by atoms with Crippen molar-refractivity contribution in [2.45, 2.75) is 52.4 Å². The largest absolute Gasteiger partial charge is 0.478 e. The first-order valence-corrected chi connectivity index (χ1v) is 9.40. The summed E-state index contributed by atoms with van der Waals surface area (Å²) in [6.07, 6.45) is 1.68. The summed E-state index contributed by atoms with van der Waals surface area (Å²) in [5.74, 6) is -1.32. The number of nitrogens with one attached hydrogen (secondary N) is 2. The summed E-state index contributed by atoms with van der Waals surface area (Å²) in [5, 5.41) is 14.1. The van der Waals surface area contributed by atoms with Gasteiger partial charge in [0.2, 0.25) is 0 Å². The summed E-state index contributed by atoms with van der Waals surface area (Å²) in [4.78, 5) is 34.7. The van der Waals surface area contributed by atoms with E-state index in [1.165, 1.54) is 6.08 Å². The Morgan fingerprint density at radius 1 is 1.14 bits per heavy atom. The Bertz CT molecular complexity index is 697. The van der Waals surface area contributed by atoms with E-state index in [9.17, 15) is 14.4 Å². The van der Waals surface area contributed by atoms with Crippen LogP contribution in [0.3, 0.4) is 0 Å². The molecule has 2 amide bonds. The first-order valence-electron chi connectivity index (χ1n) is 9.40. The van der Waals surface area contributed by atoms with Crippen molar-refractivity contribution in [1.29, 1.82) is 0 Å². The van der Waals surface area contributed by atoms with Crippen LogP contribution in [0.15, 0.2) is 42.5 Å². The van der Waals surface area contributed by atoms with Gasteiger partial charge in [0.25, 0.3) is 0 Å². The summed E-state index contributed by atoms with van der Waals surface area (Å²) < 4.78 is 10.4. The van der Waals surface area contributed by atoms with E-state index in [1.807, 2.05) is 30.3 Å². The van der Waals surface area contributed by atoms with E-state index in [4.69, 9.17) is 14.6 Å². The van der Waals surface area contributed by atoms with Gasteiger partial charge >= 0.3 is 18.2 Å². The third kappa shape index (κ3) is 11.4. The molecule has 160 valence electrons. The normalized spacial score (nSPS) is 13.4. The monoisotopic (exact) mass is 406 g/mol. The highest BCUT2D eigenvalue weighted by molar-refractivity contribution is 5.79. The molecule has 0 aliphatic heterocycles. The third-order valence-corrected chi connectivity index (χ3v) is 3.87. The predicted octanol–water partition coefficient (Wildman–Crippen LogP) is 3.47. The molecule has 0 radical (unpaired) electrons. The number of hydrogen-bond acceptors (Lipinski definition) is 5. The van der Waals surface area contributed by atoms with Gasteiger partial charge in [0.15, 0.2) is 0 Å². The molecular formula is C21H30N2O6. The lowest BCUT2D eigenvalue weighted by Gasteiger charge is -2.26. The highest BCUT2D eigenvalue weighted by Crippen LogP contribution is 2.12. The number of rotatable bonds is 9. The zero-order chi connectivity index (χ0) is 21.9. The molecule has 3 N–H and O–H groups in total. The van der Waals surface area contributed by atoms with Crippen LogP contribution in [0, 0.1) is 5.92 Å². The molecule has 2 atom stereocenters. The first-order chi connectivity index (χ1) is 13.6. The zero-order valence-electron chi connectivity index (χ0n) is 17.3. The summed E-state index contributed by atoms with van der Waals surface area (Å²) in [6, 6.07) is 8.89. The summed E-state index contributed by atoms with van der Waals surface area (Å²) in [5.41, 5.74) is 0.227. The minimum absolute atomic E-state index is 0.141. The van der Waals surface area contributed by atoms with Crippen molar-refractivity contribution >= 4 is 18.2 Å². The third-order valence-electron chi connectivity index (χ3n) is 3.87. The number of hydrogen-bond donors (Lipinski definition) is 3. The van der Waals surface area contributed by atoms with Gasteiger partial charge in [-0.1, -0.05) is 36.4 Å². The lowest BCUT2D eigenvalue weighted by atomic mass is 9.97. The molecule has 0 aromatic heterocycles. The number of amides is 2. The van der Waals surface area contributed by atoms with Gasteiger partial charge < -0.3 is 25.2 Å². The van der Waals surface area contributed by atoms with Crippen molar-refractivity contribution < 1.29 is 29.0 Å². The number of carbonyl (C=O) groups excluding carboxylic acids is 2. The Balaban J connectivity index is 2.59. The van der Waals surface area contributed by atoms with Gasteiger partial charge in [-0.25, -0.2) is 14.4 Å². The van der Waals surface area contributed by atoms with Crippen LogP contribution in [0.2, 0.25) is 0 Å². The first kappa shape index (κ1) is 24.0. The van der Waals surface area contributed by atoms with Crippen LogP contribution < -0.4 is 10.6 Å². The number of carbonyl (C=O) groups is 3. The van der Waals surface area contributed by atoms with E-state index >= 15 is 0 Å². The Labute approximate surface area is 171 Å². The van der Waals surface area contributed by atoms with E-state index in [0.717, 1.165) is 11.6 Å². The molecule has 0 saturated carbocycles. The summed E-state index contributed by atoms with van der Waals surface area (Å²) in [6.45, 7) is 7.37. The zero-order valence-corrected chi connectivity index (χ0v) is 17.3. The maximum Gasteiger partial charge on any atom is 0.407 e. The second-order valence-corrected chi connectivity index (χ2v) is 7.61. The molecular weight excluding hydrogens is 376 g/mol. The molecule has 8 nitrogen and oxygen atoms in total. The van der Waals surface area contributed by atoms with Crippen LogP contribution in [0.5, 0.6) is 0 Å². The van der Waals surface area contributed by atoms with Crippen LogP contribution in [-0.2, 0) is 20.9 Å². The smallest absolute Gasteiger partial charge is 0.407 e. The van der Waals surface area contributed by atoms with Crippen molar-refractivity contribution in [3.05, 3.63) is 48.0 Å². The Kier molecular flexibility index (Phi) is 9.71. The predicted molar refractivity (Wildman–Crippen MR) is 108 cm³/mol. The summed E-state index contributed by atoms with van der Waals surface area (Å²) in [7, 11) is 0. The van der Waals surface area contributed by atoms with Crippen LogP contribution in [-0.4, -0.2) is 41.4 Å². The number of allylic oxidation sites excluding steroid dienone is 1. The molecule has 0 spiro atoms. The van der Waals surface area contributed by atoms with Crippen molar-refractivity contribution in [3.63, 3.8) is 0 Å². The summed E-state index contributed by atoms with van der Waals surface area (Å²) >= 11 is 0. The minimum Gasteiger partial charge on any atom is -0.478 e. The lowest BCUT2D eigenvalue weighted by Crippen LogP contribution is -2.44. The van der Waals surface area contributed by atoms with Gasteiger partial charge in [-0.2, -0.15) is 0 Å². The average Bonchev–Trinajstić information content (AvgIpc) is 2.61. The van der Waals surface area contributed by atoms with Crippen LogP contribution >= 0.6 is 0 Å². The fraction of sp³-hybridized carbons (Fsp3) is 0.476. The number of benzene rings is 1. The molecule has 0 aliphatic rings. The SMILES string of the molecule is C[C@@H](NC(=O)OC(C)(C)C)[C@@H](CC=CC(=O)O)CNC(=O)OCc1ccccc1. The number of ether oxygens (including phenoxy) is 2. The Morgan fingerprint density at radius 2 is 1.79 bits per heavy atom. The van der Waals surface area contributed by atoms with Gasteiger partial charge in [-0.3, -0.25) is 0 Å².